The fourth-order valence-corrected chi connectivity index (χ4v) is 2.21. The molecule has 2 N–H and O–H groups in total. The average molecular weight is 314 g/mol. The van der Waals surface area contributed by atoms with Crippen LogP contribution in [0.1, 0.15) is 48.5 Å². The molecule has 5 heteroatoms. The van der Waals surface area contributed by atoms with E-state index in [9.17, 15) is 15.1 Å². The van der Waals surface area contributed by atoms with Crippen molar-refractivity contribution >= 4 is 5.91 Å². The van der Waals surface area contributed by atoms with Gasteiger partial charge < -0.3 is 15.6 Å². The summed E-state index contributed by atoms with van der Waals surface area (Å²) in [7, 11) is 0. The topological polar surface area (TPSA) is 76.3 Å². The maximum atomic E-state index is 11.9. The number of aliphatic hydroxyl groups excluding tert-OH is 1. The van der Waals surface area contributed by atoms with Gasteiger partial charge in [-0.05, 0) is 22.6 Å². The minimum absolute atomic E-state index is 0.00257. The van der Waals surface area contributed by atoms with E-state index in [-0.39, 0.29) is 17.7 Å². The van der Waals surface area contributed by atoms with Crippen LogP contribution in [0.15, 0.2) is 48.7 Å². The molecule has 1 amide bonds. The third-order valence-corrected chi connectivity index (χ3v) is 3.67. The second-order valence-corrected chi connectivity index (χ2v) is 6.51. The Labute approximate surface area is 136 Å². The van der Waals surface area contributed by atoms with Crippen molar-refractivity contribution in [2.45, 2.75) is 32.3 Å². The lowest BCUT2D eigenvalue weighted by Crippen LogP contribution is -2.40. The first-order valence-corrected chi connectivity index (χ1v) is 7.54. The van der Waals surface area contributed by atoms with Gasteiger partial charge in [-0.2, -0.15) is 4.73 Å². The zero-order chi connectivity index (χ0) is 17.0. The molecule has 1 atom stereocenters. The van der Waals surface area contributed by atoms with Crippen molar-refractivity contribution in [1.29, 1.82) is 0 Å². The van der Waals surface area contributed by atoms with Crippen LogP contribution in [0, 0.1) is 5.21 Å². The summed E-state index contributed by atoms with van der Waals surface area (Å²) in [4.78, 5) is 11.9. The van der Waals surface area contributed by atoms with Crippen LogP contribution in [0.5, 0.6) is 0 Å². The van der Waals surface area contributed by atoms with Gasteiger partial charge in [0, 0.05) is 18.7 Å². The zero-order valence-electron chi connectivity index (χ0n) is 13.6. The smallest absolute Gasteiger partial charge is 0.317 e. The van der Waals surface area contributed by atoms with Crippen LogP contribution in [-0.4, -0.2) is 17.6 Å². The Morgan fingerprint density at radius 3 is 2.43 bits per heavy atom. The summed E-state index contributed by atoms with van der Waals surface area (Å²) in [6.45, 7) is 6.41. The normalized spacial score (nSPS) is 12.7. The van der Waals surface area contributed by atoms with Crippen LogP contribution in [0.3, 0.4) is 0 Å². The number of aliphatic hydroxyl groups is 1. The molecule has 0 saturated heterocycles. The van der Waals surface area contributed by atoms with Crippen LogP contribution >= 0.6 is 0 Å². The molecule has 0 aliphatic heterocycles. The number of nitrogens with one attached hydrogen (secondary N) is 1. The molecule has 0 radical (unpaired) electrons. The summed E-state index contributed by atoms with van der Waals surface area (Å²) in [6, 6.07) is 12.3. The highest BCUT2D eigenvalue weighted by molar-refractivity contribution is 5.90. The van der Waals surface area contributed by atoms with Gasteiger partial charge in [-0.15, -0.1) is 0 Å². The predicted molar refractivity (Wildman–Crippen MR) is 87.8 cm³/mol. The SMILES string of the molecule is CC(C)(C)c1ccc(C(O)CNC(=O)c2cccc[n+]2[O-])cc1. The Balaban J connectivity index is 1.98. The molecule has 0 spiro atoms. The number of hydrogen-bond donors (Lipinski definition) is 2. The number of nitrogens with zero attached hydrogens (tertiary/aromatic N) is 1. The first-order chi connectivity index (χ1) is 10.8. The Hall–Kier alpha value is -2.40. The van der Waals surface area contributed by atoms with Gasteiger partial charge in [0.25, 0.3) is 5.69 Å². The minimum atomic E-state index is -0.822. The summed E-state index contributed by atoms with van der Waals surface area (Å²) in [5, 5.41) is 24.3. The number of pyridine rings is 1. The van der Waals surface area contributed by atoms with Gasteiger partial charge in [0.05, 0.1) is 6.10 Å². The van der Waals surface area contributed by atoms with Gasteiger partial charge in [0.1, 0.15) is 0 Å². The molecule has 0 bridgehead atoms. The number of hydrogen-bond acceptors (Lipinski definition) is 3. The molecule has 0 aliphatic carbocycles. The Morgan fingerprint density at radius 2 is 1.87 bits per heavy atom. The molecule has 0 saturated carbocycles. The van der Waals surface area contributed by atoms with Crippen LogP contribution in [0.2, 0.25) is 0 Å². The Morgan fingerprint density at radius 1 is 1.22 bits per heavy atom. The molecular formula is C18H22N2O3. The third-order valence-electron chi connectivity index (χ3n) is 3.67. The molecule has 1 heterocycles. The first kappa shape index (κ1) is 17.0. The monoisotopic (exact) mass is 314 g/mol. The van der Waals surface area contributed by atoms with E-state index in [1.54, 1.807) is 12.1 Å². The van der Waals surface area contributed by atoms with Crippen molar-refractivity contribution in [1.82, 2.24) is 5.32 Å². The number of aromatic nitrogens is 1. The Bertz CT molecular complexity index is 675. The van der Waals surface area contributed by atoms with Gasteiger partial charge >= 0.3 is 5.91 Å². The molecule has 5 nitrogen and oxygen atoms in total. The quantitative estimate of drug-likeness (QED) is 0.670. The molecule has 1 aromatic heterocycles. The van der Waals surface area contributed by atoms with Gasteiger partial charge in [0.2, 0.25) is 0 Å². The van der Waals surface area contributed by atoms with Gasteiger partial charge in [-0.3, -0.25) is 4.79 Å². The number of benzene rings is 1. The third kappa shape index (κ3) is 4.29. The highest BCUT2D eigenvalue weighted by Gasteiger charge is 2.18. The van der Waals surface area contributed by atoms with Crippen LogP contribution in [0.4, 0.5) is 0 Å². The van der Waals surface area contributed by atoms with E-state index >= 15 is 0 Å². The maximum absolute atomic E-state index is 11.9. The van der Waals surface area contributed by atoms with Crippen molar-refractivity contribution in [3.8, 4) is 0 Å². The fraction of sp³-hybridized carbons (Fsp3) is 0.333. The summed E-state index contributed by atoms with van der Waals surface area (Å²) in [5.74, 6) is -0.508. The molecule has 23 heavy (non-hydrogen) atoms. The maximum Gasteiger partial charge on any atom is 0.317 e. The zero-order valence-corrected chi connectivity index (χ0v) is 13.6. The lowest BCUT2D eigenvalue weighted by Gasteiger charge is -2.20. The van der Waals surface area contributed by atoms with E-state index in [4.69, 9.17) is 0 Å². The first-order valence-electron chi connectivity index (χ1n) is 7.54. The van der Waals surface area contributed by atoms with Crippen molar-refractivity contribution in [3.63, 3.8) is 0 Å². The van der Waals surface area contributed by atoms with Crippen molar-refractivity contribution < 1.29 is 14.6 Å². The van der Waals surface area contributed by atoms with Crippen molar-refractivity contribution in [3.05, 3.63) is 70.7 Å². The van der Waals surface area contributed by atoms with Crippen LogP contribution in [-0.2, 0) is 5.41 Å². The molecule has 122 valence electrons. The van der Waals surface area contributed by atoms with E-state index in [0.717, 1.165) is 5.56 Å². The summed E-state index contributed by atoms with van der Waals surface area (Å²) < 4.78 is 0.500. The minimum Gasteiger partial charge on any atom is -0.618 e. The molecule has 2 rings (SSSR count). The molecule has 1 unspecified atom stereocenters. The second kappa shape index (κ2) is 6.79. The number of amides is 1. The van der Waals surface area contributed by atoms with E-state index in [1.165, 1.54) is 17.8 Å². The van der Waals surface area contributed by atoms with Crippen molar-refractivity contribution in [2.75, 3.05) is 6.54 Å². The van der Waals surface area contributed by atoms with Gasteiger partial charge in [-0.1, -0.05) is 45.0 Å². The number of carbonyl (C=O) groups excluding carboxylic acids is 1. The summed E-state index contributed by atoms with van der Waals surface area (Å²) >= 11 is 0. The second-order valence-electron chi connectivity index (χ2n) is 6.51. The van der Waals surface area contributed by atoms with Gasteiger partial charge in [0.15, 0.2) is 6.20 Å². The summed E-state index contributed by atoms with van der Waals surface area (Å²) in [5.41, 5.74) is 1.95. The molecule has 2 aromatic rings. The molecule has 1 aromatic carbocycles. The molecule has 0 fully saturated rings. The Kier molecular flexibility index (Phi) is 5.01. The molecular weight excluding hydrogens is 292 g/mol. The van der Waals surface area contributed by atoms with E-state index < -0.39 is 12.0 Å². The molecule has 0 aliphatic rings. The lowest BCUT2D eigenvalue weighted by atomic mass is 9.86. The number of carbonyl (C=O) groups is 1. The lowest BCUT2D eigenvalue weighted by molar-refractivity contribution is -0.607. The van der Waals surface area contributed by atoms with Crippen LogP contribution in [0.25, 0.3) is 0 Å². The highest BCUT2D eigenvalue weighted by Crippen LogP contribution is 2.23. The standard InChI is InChI=1S/C18H22N2O3/c1-18(2,3)14-9-7-13(8-10-14)16(21)12-19-17(22)15-6-4-5-11-20(15)23/h4-11,16,21H,12H2,1-3H3,(H,19,22). The average Bonchev–Trinajstić information content (AvgIpc) is 2.52. The highest BCUT2D eigenvalue weighted by atomic mass is 16.5. The van der Waals surface area contributed by atoms with Crippen LogP contribution < -0.4 is 10.0 Å². The van der Waals surface area contributed by atoms with E-state index in [1.807, 2.05) is 24.3 Å². The van der Waals surface area contributed by atoms with E-state index in [0.29, 0.717) is 4.73 Å². The van der Waals surface area contributed by atoms with Gasteiger partial charge in [-0.25, -0.2) is 0 Å². The van der Waals surface area contributed by atoms with E-state index in [2.05, 4.69) is 26.1 Å². The largest absolute Gasteiger partial charge is 0.618 e. The fourth-order valence-electron chi connectivity index (χ4n) is 2.21. The predicted octanol–water partition coefficient (Wildman–Crippen LogP) is 2.08. The summed E-state index contributed by atoms with van der Waals surface area (Å²) in [6.07, 6.45) is 0.438. The van der Waals surface area contributed by atoms with Crippen molar-refractivity contribution in [2.24, 2.45) is 0 Å². The number of rotatable bonds is 4.